The lowest BCUT2D eigenvalue weighted by molar-refractivity contribution is -0.215. The summed E-state index contributed by atoms with van der Waals surface area (Å²) in [7, 11) is 0. The molecule has 1 saturated heterocycles. The standard InChI is InChI=1S/C60H116N4O11S/c1-32(2)36(27-45(68)74-48-37(55(5,6)7)23-34(30-65)24-38(48)56(8,9)10)41(63-64-54(73)60(20,21)22)28-42-46(33(3)4)47(50(61-42)62-53(72)59(17,18)19)52(71)75-49-39(57(11,12)13)25-35(26-40(49)58(14,15)16)31-76-43(51(69)70)29-44(66)67/h32-50,53-54,61-68,72-73H,23-31H2,1-22H3,(H,69,70)/t34?,35?,36-,37?,38?,39?,40?,41?,42?,43?,45?,46?,47?,48?,49?,50+,53?,54?/m1/s1. The summed E-state index contributed by atoms with van der Waals surface area (Å²) in [6, 6.07) is -0.662. The Morgan fingerprint density at radius 2 is 1.11 bits per heavy atom. The number of aliphatic hydroxyl groups excluding tert-OH is 5. The number of nitrogens with one attached hydrogen (secondary N) is 4. The Morgan fingerprint density at radius 1 is 0.645 bits per heavy atom. The molecule has 1 aliphatic heterocycles. The Balaban J connectivity index is 2.14. The molecule has 0 amide bonds. The van der Waals surface area contributed by atoms with Gasteiger partial charge in [-0.2, -0.15) is 0 Å². The molecule has 76 heavy (non-hydrogen) atoms. The minimum absolute atomic E-state index is 0.0317. The van der Waals surface area contributed by atoms with Gasteiger partial charge >= 0.3 is 11.9 Å². The van der Waals surface area contributed by atoms with Gasteiger partial charge in [-0.05, 0) is 107 Å². The summed E-state index contributed by atoms with van der Waals surface area (Å²) in [5.41, 5.74) is 4.85. The van der Waals surface area contributed by atoms with E-state index in [4.69, 9.17) is 9.47 Å². The van der Waals surface area contributed by atoms with Gasteiger partial charge in [0.2, 0.25) is 0 Å². The van der Waals surface area contributed by atoms with Crippen LogP contribution in [0, 0.1) is 97.6 Å². The van der Waals surface area contributed by atoms with Crippen molar-refractivity contribution in [1.29, 1.82) is 0 Å². The maximum atomic E-state index is 15.6. The summed E-state index contributed by atoms with van der Waals surface area (Å²) in [5.74, 6) is -1.82. The van der Waals surface area contributed by atoms with Crippen LogP contribution in [-0.4, -0.2) is 121 Å². The summed E-state index contributed by atoms with van der Waals surface area (Å²) < 4.78 is 14.0. The Hall–Kier alpha value is -1.15. The monoisotopic (exact) mass is 1100 g/mol. The Bertz CT molecular complexity index is 1730. The summed E-state index contributed by atoms with van der Waals surface area (Å²) in [5, 5.41) is 81.6. The Labute approximate surface area is 466 Å². The van der Waals surface area contributed by atoms with Crippen molar-refractivity contribution in [2.24, 2.45) is 97.6 Å². The number of thioether (sulfide) groups is 1. The van der Waals surface area contributed by atoms with Crippen LogP contribution in [0.5, 0.6) is 0 Å². The molecule has 14 atom stereocenters. The first-order valence-electron chi connectivity index (χ1n) is 29.1. The fraction of sp³-hybridized carbons (Fsp3) is 0.967. The third kappa shape index (κ3) is 19.5. The maximum Gasteiger partial charge on any atom is 0.316 e. The molecule has 3 rings (SSSR count). The van der Waals surface area contributed by atoms with E-state index in [2.05, 4.69) is 132 Å². The van der Waals surface area contributed by atoms with Crippen molar-refractivity contribution in [1.82, 2.24) is 21.5 Å². The first-order valence-corrected chi connectivity index (χ1v) is 30.2. The van der Waals surface area contributed by atoms with Crippen LogP contribution in [0.15, 0.2) is 0 Å². The quantitative estimate of drug-likeness (QED) is 0.0260. The van der Waals surface area contributed by atoms with Gasteiger partial charge in [0.25, 0.3) is 0 Å². The first-order chi connectivity index (χ1) is 34.4. The zero-order chi connectivity index (χ0) is 58.6. The number of carbonyl (C=O) groups excluding carboxylic acids is 1. The van der Waals surface area contributed by atoms with E-state index in [0.29, 0.717) is 31.4 Å². The molecule has 2 saturated carbocycles. The number of aliphatic carboxylic acids is 1. The van der Waals surface area contributed by atoms with Crippen LogP contribution in [0.25, 0.3) is 0 Å². The average molecular weight is 1100 g/mol. The molecular weight excluding hydrogens is 985 g/mol. The molecule has 0 aromatic carbocycles. The van der Waals surface area contributed by atoms with E-state index in [1.807, 2.05) is 41.5 Å². The second-order valence-corrected chi connectivity index (χ2v) is 32.4. The highest BCUT2D eigenvalue weighted by Crippen LogP contribution is 2.53. The third-order valence-corrected chi connectivity index (χ3v) is 19.3. The second-order valence-electron chi connectivity index (χ2n) is 31.2. The summed E-state index contributed by atoms with van der Waals surface area (Å²) in [4.78, 5) is 27.8. The molecule has 3 fully saturated rings. The fourth-order valence-electron chi connectivity index (χ4n) is 12.9. The van der Waals surface area contributed by atoms with Gasteiger partial charge in [0.05, 0.1) is 18.2 Å². The molecule has 16 heteroatoms. The highest BCUT2D eigenvalue weighted by atomic mass is 32.2. The van der Waals surface area contributed by atoms with Gasteiger partial charge < -0.3 is 45.2 Å². The third-order valence-electron chi connectivity index (χ3n) is 17.9. The number of esters is 1. The van der Waals surface area contributed by atoms with E-state index in [1.54, 1.807) is 0 Å². The summed E-state index contributed by atoms with van der Waals surface area (Å²) in [6.45, 7) is 46.8. The van der Waals surface area contributed by atoms with E-state index in [0.717, 1.165) is 12.8 Å². The second kappa shape index (κ2) is 27.3. The molecule has 12 unspecified atom stereocenters. The van der Waals surface area contributed by atoms with Crippen molar-refractivity contribution in [3.8, 4) is 0 Å². The Kier molecular flexibility index (Phi) is 24.8. The molecule has 0 aromatic rings. The molecule has 448 valence electrons. The predicted molar refractivity (Wildman–Crippen MR) is 306 cm³/mol. The number of carbonyl (C=O) groups is 2. The first kappa shape index (κ1) is 69.1. The minimum atomic E-state index is -1.73. The zero-order valence-electron chi connectivity index (χ0n) is 51.7. The van der Waals surface area contributed by atoms with Crippen LogP contribution >= 0.6 is 11.8 Å². The number of carboxylic acids is 1. The van der Waals surface area contributed by atoms with Gasteiger partial charge in [-0.1, -0.05) is 152 Å². The van der Waals surface area contributed by atoms with Crippen molar-refractivity contribution in [3.63, 3.8) is 0 Å². The number of ether oxygens (including phenoxy) is 2. The van der Waals surface area contributed by atoms with Crippen molar-refractivity contribution in [3.05, 3.63) is 0 Å². The molecule has 0 spiro atoms. The van der Waals surface area contributed by atoms with Gasteiger partial charge in [-0.25, -0.2) is 5.43 Å². The van der Waals surface area contributed by atoms with Crippen molar-refractivity contribution < 1.29 is 54.8 Å². The number of rotatable bonds is 23. The average Bonchev–Trinajstić information content (AvgIpc) is 3.60. The van der Waals surface area contributed by atoms with Crippen molar-refractivity contribution in [2.45, 2.75) is 258 Å². The highest BCUT2D eigenvalue weighted by molar-refractivity contribution is 8.00. The lowest BCUT2D eigenvalue weighted by Gasteiger charge is -2.51. The van der Waals surface area contributed by atoms with Crippen LogP contribution in [0.1, 0.15) is 197 Å². The molecule has 2 aliphatic carbocycles. The smallest absolute Gasteiger partial charge is 0.316 e. The molecular formula is C60H116N4O11S. The van der Waals surface area contributed by atoms with E-state index < -0.39 is 65.3 Å². The lowest BCUT2D eigenvalue weighted by Crippen LogP contribution is -2.57. The molecule has 3 aliphatic rings. The largest absolute Gasteiger partial charge is 0.480 e. The number of hydrazine groups is 1. The maximum absolute atomic E-state index is 15.6. The fourth-order valence-corrected chi connectivity index (χ4v) is 14.1. The highest BCUT2D eigenvalue weighted by Gasteiger charge is 2.55. The number of hydrogen-bond donors (Lipinski definition) is 11. The van der Waals surface area contributed by atoms with Gasteiger partial charge in [-0.3, -0.25) is 25.6 Å². The van der Waals surface area contributed by atoms with E-state index >= 15 is 4.79 Å². The molecule has 0 radical (unpaired) electrons. The zero-order valence-corrected chi connectivity index (χ0v) is 52.5. The van der Waals surface area contributed by atoms with Crippen LogP contribution in [0.4, 0.5) is 0 Å². The van der Waals surface area contributed by atoms with E-state index in [1.165, 1.54) is 11.8 Å². The van der Waals surface area contributed by atoms with E-state index in [9.17, 15) is 40.5 Å². The van der Waals surface area contributed by atoms with Crippen molar-refractivity contribution >= 4 is 23.7 Å². The topological polar surface area (TPSA) is 242 Å². The molecule has 11 N–H and O–H groups in total. The molecule has 1 heterocycles. The number of aliphatic hydroxyl groups is 6. The minimum Gasteiger partial charge on any atom is -0.480 e. The van der Waals surface area contributed by atoms with Gasteiger partial charge in [0, 0.05) is 54.2 Å². The van der Waals surface area contributed by atoms with Gasteiger partial charge in [0.15, 0.2) is 12.6 Å². The van der Waals surface area contributed by atoms with E-state index in [-0.39, 0.29) is 118 Å². The van der Waals surface area contributed by atoms with Gasteiger partial charge in [0.1, 0.15) is 23.8 Å². The van der Waals surface area contributed by atoms with Crippen LogP contribution < -0.4 is 21.5 Å². The van der Waals surface area contributed by atoms with Crippen LogP contribution in [0.3, 0.4) is 0 Å². The number of hydrogen-bond acceptors (Lipinski definition) is 15. The number of carboxylic acid groups (broad SMARTS) is 1. The molecule has 0 aromatic heterocycles. The normalized spacial score (nSPS) is 31.1. The lowest BCUT2D eigenvalue weighted by atomic mass is 9.58. The van der Waals surface area contributed by atoms with Crippen LogP contribution in [-0.2, 0) is 19.1 Å². The van der Waals surface area contributed by atoms with Gasteiger partial charge in [-0.15, -0.1) is 11.8 Å². The SMILES string of the molecule is CC(C)C1C(CC(NNC(O)C(C)(C)C)[C@H](CC(O)OC2C(C(C)(C)C)CC(CO)CC2C(C)(C)C)C(C)C)N[C@@H](NC(O)C(C)(C)C)C1C(=O)OC1C(C(C)(C)C)CC(CSC(CC(O)O)C(=O)O)CC1C(C)(C)C. The predicted octanol–water partition coefficient (Wildman–Crippen LogP) is 8.97. The molecule has 0 bridgehead atoms. The van der Waals surface area contributed by atoms with Crippen LogP contribution in [0.2, 0.25) is 0 Å². The summed E-state index contributed by atoms with van der Waals surface area (Å²) in [6.07, 6.45) is -2.61. The molecule has 15 nitrogen and oxygen atoms in total. The van der Waals surface area contributed by atoms with Crippen molar-refractivity contribution in [2.75, 3.05) is 12.4 Å². The summed E-state index contributed by atoms with van der Waals surface area (Å²) >= 11 is 1.24. The Morgan fingerprint density at radius 3 is 1.50 bits per heavy atom.